The van der Waals surface area contributed by atoms with Gasteiger partial charge < -0.3 is 0 Å². The quantitative estimate of drug-likeness (QED) is 0.103. The largest absolute Gasteiger partial charge is 0.361 e. The van der Waals surface area contributed by atoms with Gasteiger partial charge in [0.2, 0.25) is 0 Å². The van der Waals surface area contributed by atoms with Crippen LogP contribution in [-0.4, -0.2) is 0 Å². The molecule has 296 valence electrons. The van der Waals surface area contributed by atoms with E-state index in [0.717, 1.165) is 11.6 Å². The van der Waals surface area contributed by atoms with Gasteiger partial charge in [-0.15, -0.1) is 6.42 Å². The van der Waals surface area contributed by atoms with E-state index in [0.29, 0.717) is 5.56 Å². The fraction of sp³-hybridized carbons (Fsp3) is 0. The second-order valence-corrected chi connectivity index (χ2v) is 19.0. The van der Waals surface area contributed by atoms with Gasteiger partial charge >= 0.3 is 29.9 Å². The third kappa shape index (κ3) is 28.7. The Hall–Kier alpha value is -3.47. The zero-order chi connectivity index (χ0) is 41.2. The lowest BCUT2D eigenvalue weighted by Gasteiger charge is -2.37. The lowest BCUT2D eigenvalue weighted by molar-refractivity contribution is 0.381. The Morgan fingerprint density at radius 2 is 0.736 bits per heavy atom. The van der Waals surface area contributed by atoms with Gasteiger partial charge in [-0.25, -0.2) is 0 Å². The maximum absolute atomic E-state index is 12.9. The van der Waals surface area contributed by atoms with Crippen LogP contribution in [0.15, 0.2) is 138 Å². The summed E-state index contributed by atoms with van der Waals surface area (Å²) in [6.07, 6.45) is 5.99. The molecule has 4 aromatic rings. The summed E-state index contributed by atoms with van der Waals surface area (Å²) in [4.78, 5) is 0. The summed E-state index contributed by atoms with van der Waals surface area (Å²) >= 11 is 11.2. The van der Waals surface area contributed by atoms with Gasteiger partial charge in [-0.05, 0) is 40.5 Å². The molecule has 53 heavy (non-hydrogen) atoms. The minimum Gasteiger partial charge on any atom is -0.115 e. The third-order valence-corrected chi connectivity index (χ3v) is 7.27. The summed E-state index contributed by atoms with van der Waals surface area (Å²) < 4.78 is 176. The number of allylic oxidation sites excluding steroid dienone is 2. The van der Waals surface area contributed by atoms with Gasteiger partial charge in [0.25, 0.3) is 0 Å². The van der Waals surface area contributed by atoms with Crippen LogP contribution in [0.4, 0.5) is 58.3 Å². The average molecular weight is 896 g/mol. The molecule has 0 unspecified atom stereocenters. The highest BCUT2D eigenvalue weighted by Gasteiger charge is 2.62. The number of benzene rings is 4. The van der Waals surface area contributed by atoms with Crippen LogP contribution in [0.25, 0.3) is 15.6 Å². The Kier molecular flexibility index (Phi) is 13.1. The smallest absolute Gasteiger partial charge is 0.115 e. The van der Waals surface area contributed by atoms with Crippen molar-refractivity contribution in [3.05, 3.63) is 160 Å². The number of hydrogen-bond acceptors (Lipinski definition) is 0. The van der Waals surface area contributed by atoms with E-state index < -0.39 is 51.3 Å². The molecule has 0 aliphatic rings. The molecule has 0 aliphatic carbocycles. The van der Waals surface area contributed by atoms with Crippen LogP contribution < -0.4 is 0 Å². The first-order valence-corrected chi connectivity index (χ1v) is 21.0. The summed E-state index contributed by atoms with van der Waals surface area (Å²) in [6, 6.07) is 31.6. The number of halogens is 18. The maximum atomic E-state index is 12.9. The Labute approximate surface area is 309 Å². The van der Waals surface area contributed by atoms with E-state index >= 15 is 0 Å². The van der Waals surface area contributed by atoms with Gasteiger partial charge in [-0.3, -0.25) is 0 Å². The molecular weight excluding hydrogens is 872 g/mol. The summed E-state index contributed by atoms with van der Waals surface area (Å²) in [7, 11) is -26.0. The van der Waals surface area contributed by atoms with Gasteiger partial charge in [0, 0.05) is 10.6 Å². The highest BCUT2D eigenvalue weighted by molar-refractivity contribution is 8.62. The first-order valence-electron chi connectivity index (χ1n) is 13.4. The summed E-state index contributed by atoms with van der Waals surface area (Å²) in [5.41, 5.74) is 0.562. The molecule has 0 nitrogen and oxygen atoms in total. The van der Waals surface area contributed by atoms with Crippen LogP contribution in [0, 0.1) is 12.3 Å². The van der Waals surface area contributed by atoms with Crippen LogP contribution in [0.2, 0.25) is 0 Å². The minimum absolute atomic E-state index is 0.00479. The predicted octanol–water partition coefficient (Wildman–Crippen LogP) is 18.2. The molecule has 0 spiro atoms. The summed E-state index contributed by atoms with van der Waals surface area (Å²) in [5.74, 6) is 2.53. The zero-order valence-electron chi connectivity index (χ0n) is 25.9. The molecule has 21 heteroatoms. The predicted molar refractivity (Wildman–Crippen MR) is 195 cm³/mol. The van der Waals surface area contributed by atoms with Crippen LogP contribution in [0.1, 0.15) is 22.3 Å². The Morgan fingerprint density at radius 1 is 0.453 bits per heavy atom. The van der Waals surface area contributed by atoms with E-state index in [2.05, 4.69) is 16.6 Å². The van der Waals surface area contributed by atoms with Crippen LogP contribution in [0.3, 0.4) is 0 Å². The lowest BCUT2D eigenvalue weighted by atomic mass is 10.1. The van der Waals surface area contributed by atoms with Crippen molar-refractivity contribution >= 4 is 79.4 Å². The van der Waals surface area contributed by atoms with E-state index in [1.54, 1.807) is 36.4 Å². The van der Waals surface area contributed by atoms with Gasteiger partial charge in [-0.1, -0.05) is 197 Å². The first-order chi connectivity index (χ1) is 23.3. The van der Waals surface area contributed by atoms with Crippen LogP contribution in [-0.2, 0) is 0 Å². The minimum atomic E-state index is -9.74. The molecular formula is C32H24Cl3F15S3. The molecule has 0 radical (unpaired) electrons. The average Bonchev–Trinajstić information content (AvgIpc) is 2.99. The van der Waals surface area contributed by atoms with Crippen molar-refractivity contribution in [2.75, 3.05) is 0 Å². The molecule has 0 amide bonds. The van der Waals surface area contributed by atoms with E-state index in [1.807, 2.05) is 30.3 Å². The molecule has 0 bridgehead atoms. The Balaban J connectivity index is 0.000000398. The monoisotopic (exact) mass is 894 g/mol. The van der Waals surface area contributed by atoms with Gasteiger partial charge in [0.15, 0.2) is 0 Å². The van der Waals surface area contributed by atoms with Crippen LogP contribution in [0.5, 0.6) is 0 Å². The maximum Gasteiger partial charge on any atom is 0.361 e. The second kappa shape index (κ2) is 14.6. The van der Waals surface area contributed by atoms with Gasteiger partial charge in [0.05, 0.1) is 26.5 Å². The van der Waals surface area contributed by atoms with Crippen molar-refractivity contribution in [1.82, 2.24) is 0 Å². The van der Waals surface area contributed by atoms with Crippen LogP contribution >= 0.6 is 63.8 Å². The summed E-state index contributed by atoms with van der Waals surface area (Å²) in [5, 5.41) is -3.10. The highest BCUT2D eigenvalue weighted by atomic mass is 35.7. The molecule has 0 fully saturated rings. The lowest BCUT2D eigenvalue weighted by Crippen LogP contribution is -2.01. The molecule has 0 aliphatic heterocycles. The topological polar surface area (TPSA) is 0 Å². The number of rotatable bonds is 6. The normalized spacial score (nSPS) is 16.6. The fourth-order valence-corrected chi connectivity index (χ4v) is 5.35. The molecule has 0 heterocycles. The van der Waals surface area contributed by atoms with Crippen molar-refractivity contribution in [3.8, 4) is 12.3 Å². The molecule has 0 saturated heterocycles. The molecule has 0 N–H and O–H groups in total. The number of hydrogen-bond donors (Lipinski definition) is 0. The second-order valence-electron chi connectivity index (χ2n) is 10.1. The van der Waals surface area contributed by atoms with Gasteiger partial charge in [0.1, 0.15) is 0 Å². The summed E-state index contributed by atoms with van der Waals surface area (Å²) in [6.45, 7) is 0. The van der Waals surface area contributed by atoms with E-state index in [4.69, 9.17) is 29.6 Å². The van der Waals surface area contributed by atoms with Gasteiger partial charge in [-0.2, -0.15) is 0 Å². The molecule has 0 aromatic heterocycles. The highest BCUT2D eigenvalue weighted by Crippen LogP contribution is 3.02. The van der Waals surface area contributed by atoms with Crippen molar-refractivity contribution < 1.29 is 58.3 Å². The van der Waals surface area contributed by atoms with E-state index in [1.165, 1.54) is 54.6 Å². The van der Waals surface area contributed by atoms with E-state index in [-0.39, 0.29) is 16.2 Å². The van der Waals surface area contributed by atoms with Crippen molar-refractivity contribution in [1.29, 1.82) is 0 Å². The third-order valence-electron chi connectivity index (χ3n) is 5.10. The molecule has 4 aromatic carbocycles. The molecule has 0 atom stereocenters. The van der Waals surface area contributed by atoms with Crippen molar-refractivity contribution in [2.24, 2.45) is 0 Å². The molecule has 0 saturated carbocycles. The molecule has 4 rings (SSSR count). The first kappa shape index (κ1) is 47.6. The fourth-order valence-electron chi connectivity index (χ4n) is 3.27. The van der Waals surface area contributed by atoms with Crippen molar-refractivity contribution in [3.63, 3.8) is 0 Å². The van der Waals surface area contributed by atoms with E-state index in [9.17, 15) is 58.3 Å². The number of terminal acetylenes is 1. The standard InChI is InChI=1S/C16H12ClF5S.C8H6ClF5S.C8H6.ClF5S/c17-16(14-9-5-2-6-10-14)11-15(12-23(18,19,20,21)22)13-7-3-1-4-8-13;9-8(6-15(10,11,12,13)14)7-4-2-1-3-5-7;1-2-8-6-4-3-5-7-8;1-7(2,3,4,5)6/h1-12H;1-6H;1,3-7H;/b15-12-,16-11+;8-6+;;. The SMILES string of the molecule is C#Cc1ccccc1.FS(F)(F)(F)(F)/C=C(/C=C(/Cl)c1ccccc1)c1ccccc1.FS(F)(F)(F)(F)/C=C(/Cl)c1ccccc1.FS(F)(F)(F)(F)Cl. The zero-order valence-corrected chi connectivity index (χ0v) is 30.6. The Morgan fingerprint density at radius 3 is 1.02 bits per heavy atom. The van der Waals surface area contributed by atoms with Crippen molar-refractivity contribution in [2.45, 2.75) is 0 Å². The Bertz CT molecular complexity index is 1950.